The Morgan fingerprint density at radius 2 is 1.93 bits per heavy atom. The van der Waals surface area contributed by atoms with Crippen molar-refractivity contribution >= 4 is 17.6 Å². The molecule has 29 heavy (non-hydrogen) atoms. The lowest BCUT2D eigenvalue weighted by Gasteiger charge is -2.14. The number of carbonyl (C=O) groups excluding carboxylic acids is 1. The molecule has 0 amide bonds. The molecule has 1 heterocycles. The number of aromatic nitrogens is 3. The van der Waals surface area contributed by atoms with Crippen LogP contribution in [0.3, 0.4) is 0 Å². The van der Waals surface area contributed by atoms with Crippen molar-refractivity contribution in [3.63, 3.8) is 0 Å². The fraction of sp³-hybridized carbons (Fsp3) is 0.250. The Labute approximate surface area is 171 Å². The van der Waals surface area contributed by atoms with Crippen LogP contribution in [-0.4, -0.2) is 34.6 Å². The fourth-order valence-electron chi connectivity index (χ4n) is 2.64. The molecule has 1 aromatic heterocycles. The lowest BCUT2D eigenvalue weighted by Crippen LogP contribution is -2.07. The molecule has 0 spiro atoms. The first-order valence-corrected chi connectivity index (χ1v) is 9.33. The Bertz CT molecular complexity index is 989. The van der Waals surface area contributed by atoms with Crippen molar-refractivity contribution in [1.82, 2.24) is 15.4 Å². The molecule has 0 radical (unpaired) electrons. The normalized spacial score (nSPS) is 10.6. The highest BCUT2D eigenvalue weighted by Crippen LogP contribution is 2.34. The number of halogens is 2. The van der Waals surface area contributed by atoms with E-state index in [9.17, 15) is 9.18 Å². The zero-order chi connectivity index (χ0) is 20.8. The zero-order valence-electron chi connectivity index (χ0n) is 15.9. The lowest BCUT2D eigenvalue weighted by molar-refractivity contribution is 0.0520. The first-order chi connectivity index (χ1) is 14.0. The van der Waals surface area contributed by atoms with E-state index in [1.54, 1.807) is 31.2 Å². The Morgan fingerprint density at radius 3 is 2.66 bits per heavy atom. The third kappa shape index (κ3) is 4.65. The van der Waals surface area contributed by atoms with E-state index < -0.39 is 11.8 Å². The maximum absolute atomic E-state index is 14.0. The highest BCUT2D eigenvalue weighted by Gasteiger charge is 2.20. The highest BCUT2D eigenvalue weighted by molar-refractivity contribution is 6.31. The minimum Gasteiger partial charge on any atom is -0.490 e. The van der Waals surface area contributed by atoms with Crippen LogP contribution in [0.15, 0.2) is 36.4 Å². The number of hydrogen-bond acceptors (Lipinski definition) is 6. The summed E-state index contributed by atoms with van der Waals surface area (Å²) in [6.45, 7) is 4.07. The molecule has 0 bridgehead atoms. The van der Waals surface area contributed by atoms with Crippen LogP contribution < -0.4 is 9.47 Å². The van der Waals surface area contributed by atoms with Gasteiger partial charge in [0, 0.05) is 11.1 Å². The fourth-order valence-corrected chi connectivity index (χ4v) is 2.85. The number of benzene rings is 2. The summed E-state index contributed by atoms with van der Waals surface area (Å²) in [5, 5.41) is 10.6. The van der Waals surface area contributed by atoms with Crippen molar-refractivity contribution in [2.75, 3.05) is 13.2 Å². The molecule has 3 rings (SSSR count). The summed E-state index contributed by atoms with van der Waals surface area (Å²) < 4.78 is 30.4. The van der Waals surface area contributed by atoms with Gasteiger partial charge in [0.05, 0.1) is 18.2 Å². The number of hydrogen-bond donors (Lipinski definition) is 1. The maximum Gasteiger partial charge on any atom is 0.361 e. The van der Waals surface area contributed by atoms with Gasteiger partial charge in [-0.1, -0.05) is 17.7 Å². The summed E-state index contributed by atoms with van der Waals surface area (Å²) in [6.07, 6.45) is 0. The Morgan fingerprint density at radius 1 is 1.10 bits per heavy atom. The van der Waals surface area contributed by atoms with E-state index in [1.807, 2.05) is 6.92 Å². The van der Waals surface area contributed by atoms with Crippen LogP contribution in [0.25, 0.3) is 11.3 Å². The standard InChI is InChI=1S/C20H19ClFN3O4/c1-3-27-17-10-12(18-19(24-25-23-18)20(26)28-4-2)8-9-16(17)29-11-13-14(21)6-5-7-15(13)22/h5-10H,3-4,11H2,1-2H3,(H,23,24,25). The smallest absolute Gasteiger partial charge is 0.361 e. The average molecular weight is 420 g/mol. The van der Waals surface area contributed by atoms with Gasteiger partial charge in [0.1, 0.15) is 18.1 Å². The first kappa shape index (κ1) is 20.6. The minimum absolute atomic E-state index is 0.0665. The van der Waals surface area contributed by atoms with Gasteiger partial charge in [0.15, 0.2) is 17.2 Å². The molecule has 1 N–H and O–H groups in total. The number of aromatic amines is 1. The molecule has 0 atom stereocenters. The number of nitrogens with zero attached hydrogens (tertiary/aromatic N) is 2. The average Bonchev–Trinajstić information content (AvgIpc) is 3.19. The van der Waals surface area contributed by atoms with Crippen LogP contribution in [0.2, 0.25) is 5.02 Å². The van der Waals surface area contributed by atoms with Gasteiger partial charge >= 0.3 is 5.97 Å². The second-order valence-electron chi connectivity index (χ2n) is 5.82. The van der Waals surface area contributed by atoms with E-state index >= 15 is 0 Å². The summed E-state index contributed by atoms with van der Waals surface area (Å²) in [7, 11) is 0. The molecule has 0 saturated carbocycles. The van der Waals surface area contributed by atoms with Gasteiger partial charge in [-0.3, -0.25) is 0 Å². The Balaban J connectivity index is 1.88. The number of nitrogens with one attached hydrogen (secondary N) is 1. The van der Waals surface area contributed by atoms with Crippen LogP contribution in [0.5, 0.6) is 11.5 Å². The third-order valence-electron chi connectivity index (χ3n) is 3.97. The summed E-state index contributed by atoms with van der Waals surface area (Å²) in [5.41, 5.74) is 1.23. The monoisotopic (exact) mass is 419 g/mol. The molecular formula is C20H19ClFN3O4. The van der Waals surface area contributed by atoms with Crippen molar-refractivity contribution in [2.45, 2.75) is 20.5 Å². The molecule has 3 aromatic rings. The van der Waals surface area contributed by atoms with Crippen LogP contribution in [0.1, 0.15) is 29.9 Å². The van der Waals surface area contributed by atoms with E-state index in [4.69, 9.17) is 25.8 Å². The molecule has 0 aliphatic carbocycles. The molecule has 2 aromatic carbocycles. The predicted octanol–water partition coefficient (Wildman–Crippen LogP) is 4.42. The molecule has 7 nitrogen and oxygen atoms in total. The van der Waals surface area contributed by atoms with Gasteiger partial charge in [-0.2, -0.15) is 10.3 Å². The number of H-pyrrole nitrogens is 1. The molecule has 0 unspecified atom stereocenters. The molecule has 0 aliphatic rings. The molecule has 0 saturated heterocycles. The van der Waals surface area contributed by atoms with Gasteiger partial charge in [-0.15, -0.1) is 5.10 Å². The van der Waals surface area contributed by atoms with Gasteiger partial charge in [0.2, 0.25) is 0 Å². The zero-order valence-corrected chi connectivity index (χ0v) is 16.6. The van der Waals surface area contributed by atoms with Gasteiger partial charge < -0.3 is 14.2 Å². The van der Waals surface area contributed by atoms with Crippen LogP contribution in [0, 0.1) is 5.82 Å². The van der Waals surface area contributed by atoms with Crippen molar-refractivity contribution in [1.29, 1.82) is 0 Å². The summed E-state index contributed by atoms with van der Waals surface area (Å²) in [5.74, 6) is -0.219. The van der Waals surface area contributed by atoms with Crippen LogP contribution in [-0.2, 0) is 11.3 Å². The number of esters is 1. The van der Waals surface area contributed by atoms with Crippen molar-refractivity contribution in [2.24, 2.45) is 0 Å². The molecule has 0 aliphatic heterocycles. The van der Waals surface area contributed by atoms with E-state index in [2.05, 4.69) is 15.4 Å². The van der Waals surface area contributed by atoms with Crippen LogP contribution >= 0.6 is 11.6 Å². The van der Waals surface area contributed by atoms with Gasteiger partial charge in [0.25, 0.3) is 0 Å². The summed E-state index contributed by atoms with van der Waals surface area (Å²) in [6, 6.07) is 9.46. The van der Waals surface area contributed by atoms with Crippen molar-refractivity contribution in [3.8, 4) is 22.8 Å². The lowest BCUT2D eigenvalue weighted by atomic mass is 10.1. The second-order valence-corrected chi connectivity index (χ2v) is 6.23. The molecule has 9 heteroatoms. The first-order valence-electron chi connectivity index (χ1n) is 8.95. The number of rotatable bonds is 8. The van der Waals surface area contributed by atoms with E-state index in [-0.39, 0.29) is 29.5 Å². The predicted molar refractivity (Wildman–Crippen MR) is 105 cm³/mol. The highest BCUT2D eigenvalue weighted by atomic mass is 35.5. The molecular weight excluding hydrogens is 401 g/mol. The Kier molecular flexibility index (Phi) is 6.66. The second kappa shape index (κ2) is 9.38. The maximum atomic E-state index is 14.0. The van der Waals surface area contributed by atoms with E-state index in [0.717, 1.165) is 0 Å². The quantitative estimate of drug-likeness (QED) is 0.544. The largest absolute Gasteiger partial charge is 0.490 e. The topological polar surface area (TPSA) is 86.3 Å². The number of carbonyl (C=O) groups is 1. The minimum atomic E-state index is -0.580. The van der Waals surface area contributed by atoms with Gasteiger partial charge in [-0.05, 0) is 44.2 Å². The third-order valence-corrected chi connectivity index (χ3v) is 4.32. The summed E-state index contributed by atoms with van der Waals surface area (Å²) >= 11 is 6.05. The SMILES string of the molecule is CCOC(=O)c1n[nH]nc1-c1ccc(OCc2c(F)cccc2Cl)c(OCC)c1. The molecule has 0 fully saturated rings. The van der Waals surface area contributed by atoms with E-state index in [0.29, 0.717) is 29.4 Å². The van der Waals surface area contributed by atoms with Crippen molar-refractivity contribution in [3.05, 3.63) is 58.5 Å². The van der Waals surface area contributed by atoms with Gasteiger partial charge in [-0.25, -0.2) is 9.18 Å². The summed E-state index contributed by atoms with van der Waals surface area (Å²) in [4.78, 5) is 12.1. The molecule has 152 valence electrons. The van der Waals surface area contributed by atoms with E-state index in [1.165, 1.54) is 12.1 Å². The Hall–Kier alpha value is -3.13. The van der Waals surface area contributed by atoms with Crippen LogP contribution in [0.4, 0.5) is 4.39 Å². The van der Waals surface area contributed by atoms with Crippen molar-refractivity contribution < 1.29 is 23.4 Å². The number of ether oxygens (including phenoxy) is 3.